The van der Waals surface area contributed by atoms with Crippen LogP contribution in [0, 0.1) is 0 Å². The molecule has 6 heteroatoms. The van der Waals surface area contributed by atoms with Crippen molar-refractivity contribution >= 4 is 17.5 Å². The summed E-state index contributed by atoms with van der Waals surface area (Å²) in [6, 6.07) is 15.3. The Morgan fingerprint density at radius 3 is 2.46 bits per heavy atom. The molecule has 28 heavy (non-hydrogen) atoms. The fourth-order valence-electron chi connectivity index (χ4n) is 3.05. The molecule has 1 aliphatic rings. The minimum atomic E-state index is -0.162. The minimum absolute atomic E-state index is 0.0743. The van der Waals surface area contributed by atoms with E-state index in [1.807, 2.05) is 12.1 Å². The summed E-state index contributed by atoms with van der Waals surface area (Å²) in [6.07, 6.45) is 0.401. The van der Waals surface area contributed by atoms with Gasteiger partial charge in [0, 0.05) is 43.9 Å². The predicted molar refractivity (Wildman–Crippen MR) is 109 cm³/mol. The molecule has 0 unspecified atom stereocenters. The van der Waals surface area contributed by atoms with Crippen LogP contribution in [0.2, 0.25) is 0 Å². The Hall–Kier alpha value is -2.70. The topological polar surface area (TPSA) is 70.7 Å². The average Bonchev–Trinajstić information content (AvgIpc) is 2.74. The second kappa shape index (κ2) is 10.0. The second-order valence-electron chi connectivity index (χ2n) is 6.87. The highest BCUT2D eigenvalue weighted by Crippen LogP contribution is 2.12. The zero-order chi connectivity index (χ0) is 19.8. The summed E-state index contributed by atoms with van der Waals surface area (Å²) in [4.78, 5) is 26.3. The van der Waals surface area contributed by atoms with E-state index in [0.717, 1.165) is 38.4 Å². The van der Waals surface area contributed by atoms with E-state index in [1.165, 1.54) is 5.56 Å². The van der Waals surface area contributed by atoms with Gasteiger partial charge in [-0.3, -0.25) is 14.5 Å². The van der Waals surface area contributed by atoms with Crippen molar-refractivity contribution in [2.45, 2.75) is 26.4 Å². The van der Waals surface area contributed by atoms with Crippen molar-refractivity contribution in [2.24, 2.45) is 0 Å². The molecule has 1 fully saturated rings. The monoisotopic (exact) mass is 381 g/mol. The van der Waals surface area contributed by atoms with Gasteiger partial charge in [0.1, 0.15) is 0 Å². The average molecular weight is 381 g/mol. The molecular formula is C22H27N3O3. The smallest absolute Gasteiger partial charge is 0.251 e. The Balaban J connectivity index is 1.51. The van der Waals surface area contributed by atoms with Gasteiger partial charge in [-0.05, 0) is 29.3 Å². The van der Waals surface area contributed by atoms with Gasteiger partial charge in [0.25, 0.3) is 5.91 Å². The molecule has 2 aromatic carbocycles. The SMILES string of the molecule is CCC(=O)Nc1cccc(C(=O)NCc2ccc(CN3CCOCC3)cc2)c1. The van der Waals surface area contributed by atoms with Crippen molar-refractivity contribution in [1.82, 2.24) is 10.2 Å². The van der Waals surface area contributed by atoms with E-state index < -0.39 is 0 Å². The van der Waals surface area contributed by atoms with Crippen molar-refractivity contribution in [3.05, 3.63) is 65.2 Å². The van der Waals surface area contributed by atoms with Crippen molar-refractivity contribution in [3.63, 3.8) is 0 Å². The number of benzene rings is 2. The number of carbonyl (C=O) groups is 2. The quantitative estimate of drug-likeness (QED) is 0.774. The lowest BCUT2D eigenvalue weighted by molar-refractivity contribution is -0.115. The minimum Gasteiger partial charge on any atom is -0.379 e. The Labute approximate surface area is 165 Å². The third-order valence-corrected chi connectivity index (χ3v) is 4.72. The van der Waals surface area contributed by atoms with Crippen LogP contribution < -0.4 is 10.6 Å². The number of hydrogen-bond acceptors (Lipinski definition) is 4. The number of nitrogens with zero attached hydrogens (tertiary/aromatic N) is 1. The molecule has 0 bridgehead atoms. The van der Waals surface area contributed by atoms with Crippen LogP contribution in [-0.2, 0) is 22.6 Å². The molecule has 148 valence electrons. The van der Waals surface area contributed by atoms with Gasteiger partial charge in [0.05, 0.1) is 13.2 Å². The standard InChI is InChI=1S/C22H27N3O3/c1-2-21(26)24-20-5-3-4-19(14-20)22(27)23-15-17-6-8-18(9-7-17)16-25-10-12-28-13-11-25/h3-9,14H,2,10-13,15-16H2,1H3,(H,23,27)(H,24,26). The fraction of sp³-hybridized carbons (Fsp3) is 0.364. The largest absolute Gasteiger partial charge is 0.379 e. The van der Waals surface area contributed by atoms with Gasteiger partial charge in [-0.2, -0.15) is 0 Å². The second-order valence-corrected chi connectivity index (χ2v) is 6.87. The molecule has 1 aliphatic heterocycles. The molecule has 6 nitrogen and oxygen atoms in total. The van der Waals surface area contributed by atoms with Gasteiger partial charge in [-0.1, -0.05) is 37.3 Å². The number of carbonyl (C=O) groups excluding carboxylic acids is 2. The molecule has 2 N–H and O–H groups in total. The van der Waals surface area contributed by atoms with E-state index in [9.17, 15) is 9.59 Å². The van der Waals surface area contributed by atoms with Crippen LogP contribution in [0.5, 0.6) is 0 Å². The first-order valence-corrected chi connectivity index (χ1v) is 9.70. The lowest BCUT2D eigenvalue weighted by atomic mass is 10.1. The molecule has 1 saturated heterocycles. The van der Waals surface area contributed by atoms with Crippen LogP contribution >= 0.6 is 0 Å². The summed E-state index contributed by atoms with van der Waals surface area (Å²) < 4.78 is 5.38. The number of morpholine rings is 1. The molecule has 0 spiro atoms. The van der Waals surface area contributed by atoms with Crippen LogP contribution in [0.3, 0.4) is 0 Å². The zero-order valence-corrected chi connectivity index (χ0v) is 16.2. The molecule has 0 aliphatic carbocycles. The maximum Gasteiger partial charge on any atom is 0.251 e. The van der Waals surface area contributed by atoms with E-state index >= 15 is 0 Å². The van der Waals surface area contributed by atoms with Crippen molar-refractivity contribution < 1.29 is 14.3 Å². The first-order chi connectivity index (χ1) is 13.6. The Morgan fingerprint density at radius 1 is 1.04 bits per heavy atom. The molecule has 2 amide bonds. The van der Waals surface area contributed by atoms with Crippen LogP contribution in [0.1, 0.15) is 34.8 Å². The normalized spacial score (nSPS) is 14.5. The molecule has 2 aromatic rings. The van der Waals surface area contributed by atoms with Crippen LogP contribution in [0.15, 0.2) is 48.5 Å². The molecule has 0 saturated carbocycles. The Bertz CT molecular complexity index is 799. The highest BCUT2D eigenvalue weighted by molar-refractivity contribution is 5.97. The highest BCUT2D eigenvalue weighted by Gasteiger charge is 2.11. The molecule has 0 radical (unpaired) electrons. The molecule has 1 heterocycles. The van der Waals surface area contributed by atoms with Crippen LogP contribution in [0.4, 0.5) is 5.69 Å². The summed E-state index contributed by atoms with van der Waals surface area (Å²) >= 11 is 0. The van der Waals surface area contributed by atoms with Gasteiger partial charge in [0.2, 0.25) is 5.91 Å². The van der Waals surface area contributed by atoms with E-state index in [0.29, 0.717) is 24.2 Å². The number of hydrogen-bond donors (Lipinski definition) is 2. The highest BCUT2D eigenvalue weighted by atomic mass is 16.5. The predicted octanol–water partition coefficient (Wildman–Crippen LogP) is 2.80. The molecule has 0 aromatic heterocycles. The van der Waals surface area contributed by atoms with E-state index in [2.05, 4.69) is 27.7 Å². The van der Waals surface area contributed by atoms with Gasteiger partial charge in [-0.25, -0.2) is 0 Å². The summed E-state index contributed by atoms with van der Waals surface area (Å²) in [5.74, 6) is -0.236. The maximum absolute atomic E-state index is 12.4. The lowest BCUT2D eigenvalue weighted by Gasteiger charge is -2.26. The van der Waals surface area contributed by atoms with Gasteiger partial charge in [0.15, 0.2) is 0 Å². The molecule has 0 atom stereocenters. The number of ether oxygens (including phenoxy) is 1. The van der Waals surface area contributed by atoms with E-state index in [1.54, 1.807) is 31.2 Å². The molecular weight excluding hydrogens is 354 g/mol. The van der Waals surface area contributed by atoms with Gasteiger partial charge in [-0.15, -0.1) is 0 Å². The molecule has 3 rings (SSSR count). The van der Waals surface area contributed by atoms with Crippen LogP contribution in [-0.4, -0.2) is 43.0 Å². The van der Waals surface area contributed by atoms with E-state index in [4.69, 9.17) is 4.74 Å². The maximum atomic E-state index is 12.4. The first kappa shape index (κ1) is 20.0. The third-order valence-electron chi connectivity index (χ3n) is 4.72. The van der Waals surface area contributed by atoms with Crippen molar-refractivity contribution in [1.29, 1.82) is 0 Å². The van der Waals surface area contributed by atoms with Crippen LogP contribution in [0.25, 0.3) is 0 Å². The fourth-order valence-corrected chi connectivity index (χ4v) is 3.05. The number of amides is 2. The van der Waals surface area contributed by atoms with Crippen molar-refractivity contribution in [2.75, 3.05) is 31.6 Å². The number of nitrogens with one attached hydrogen (secondary N) is 2. The lowest BCUT2D eigenvalue weighted by Crippen LogP contribution is -2.35. The first-order valence-electron chi connectivity index (χ1n) is 9.70. The Morgan fingerprint density at radius 2 is 1.75 bits per heavy atom. The number of rotatable bonds is 7. The van der Waals surface area contributed by atoms with Crippen molar-refractivity contribution in [3.8, 4) is 0 Å². The zero-order valence-electron chi connectivity index (χ0n) is 16.2. The van der Waals surface area contributed by atoms with Gasteiger partial charge >= 0.3 is 0 Å². The number of anilines is 1. The summed E-state index contributed by atoms with van der Waals surface area (Å²) in [6.45, 7) is 6.71. The summed E-state index contributed by atoms with van der Waals surface area (Å²) in [5.41, 5.74) is 3.47. The summed E-state index contributed by atoms with van der Waals surface area (Å²) in [5, 5.41) is 5.70. The van der Waals surface area contributed by atoms with E-state index in [-0.39, 0.29) is 11.8 Å². The third kappa shape index (κ3) is 5.90. The Kier molecular flexibility index (Phi) is 7.17. The summed E-state index contributed by atoms with van der Waals surface area (Å²) in [7, 11) is 0. The van der Waals surface area contributed by atoms with Gasteiger partial charge < -0.3 is 15.4 Å².